The minimum atomic E-state index is -0.269. The summed E-state index contributed by atoms with van der Waals surface area (Å²) in [7, 11) is 0. The number of thiophene rings is 1. The van der Waals surface area contributed by atoms with Crippen LogP contribution >= 0.6 is 11.3 Å². The average molecular weight is 353 g/mol. The van der Waals surface area contributed by atoms with Gasteiger partial charge in [-0.2, -0.15) is 0 Å². The molecule has 2 aromatic heterocycles. The van der Waals surface area contributed by atoms with Crippen molar-refractivity contribution in [1.82, 2.24) is 5.16 Å². The number of nitrogens with zero attached hydrogens (tertiary/aromatic N) is 2. The molecular formula is C19H19N3O2S. The normalized spacial score (nSPS) is 17.0. The molecule has 3 aromatic rings. The number of hydrogen-bond donors (Lipinski definition) is 1. The van der Waals surface area contributed by atoms with Crippen LogP contribution in [0, 0.1) is 5.92 Å². The van der Waals surface area contributed by atoms with E-state index in [9.17, 15) is 4.79 Å². The monoisotopic (exact) mass is 353 g/mol. The number of rotatable bonds is 4. The molecule has 1 N–H and O–H groups in total. The minimum Gasteiger partial charge on any atom is -0.371 e. The first-order chi connectivity index (χ1) is 12.2. The smallest absolute Gasteiger partial charge is 0.277 e. The number of carbonyl (C=O) groups is 1. The van der Waals surface area contributed by atoms with Gasteiger partial charge in [-0.25, -0.2) is 0 Å². The Balaban J connectivity index is 1.42. The Bertz CT molecular complexity index is 855. The van der Waals surface area contributed by atoms with E-state index in [2.05, 4.69) is 22.3 Å². The zero-order chi connectivity index (χ0) is 17.2. The van der Waals surface area contributed by atoms with Crippen molar-refractivity contribution in [3.05, 3.63) is 53.5 Å². The summed E-state index contributed by atoms with van der Waals surface area (Å²) < 4.78 is 5.26. The highest BCUT2D eigenvalue weighted by atomic mass is 32.1. The summed E-state index contributed by atoms with van der Waals surface area (Å²) in [6.07, 6.45) is 1.23. The lowest BCUT2D eigenvalue weighted by atomic mass is 10.2. The Hall–Kier alpha value is -2.60. The SMILES string of the molecule is CC1CCN(c2ccc(NC(=O)c3cc(-c4cccs4)on3)cc2)C1. The number of carbonyl (C=O) groups excluding carboxylic acids is 1. The van der Waals surface area contributed by atoms with Gasteiger partial charge in [-0.1, -0.05) is 18.1 Å². The van der Waals surface area contributed by atoms with E-state index in [1.54, 1.807) is 17.4 Å². The first kappa shape index (κ1) is 15.9. The molecule has 0 spiro atoms. The molecule has 1 amide bonds. The van der Waals surface area contributed by atoms with Crippen LogP contribution in [0.3, 0.4) is 0 Å². The molecule has 0 saturated carbocycles. The van der Waals surface area contributed by atoms with Gasteiger partial charge in [-0.3, -0.25) is 4.79 Å². The quantitative estimate of drug-likeness (QED) is 0.750. The molecule has 3 heterocycles. The van der Waals surface area contributed by atoms with Gasteiger partial charge < -0.3 is 14.7 Å². The van der Waals surface area contributed by atoms with Crippen molar-refractivity contribution in [2.24, 2.45) is 5.92 Å². The summed E-state index contributed by atoms with van der Waals surface area (Å²) in [4.78, 5) is 15.7. The van der Waals surface area contributed by atoms with Crippen molar-refractivity contribution < 1.29 is 9.32 Å². The number of hydrogen-bond acceptors (Lipinski definition) is 5. The molecule has 0 bridgehead atoms. The Morgan fingerprint density at radius 2 is 2.16 bits per heavy atom. The highest BCUT2D eigenvalue weighted by molar-refractivity contribution is 7.13. The first-order valence-electron chi connectivity index (χ1n) is 8.36. The van der Waals surface area contributed by atoms with Crippen molar-refractivity contribution in [1.29, 1.82) is 0 Å². The van der Waals surface area contributed by atoms with E-state index in [1.165, 1.54) is 12.1 Å². The van der Waals surface area contributed by atoms with Crippen LogP contribution < -0.4 is 10.2 Å². The second-order valence-corrected chi connectivity index (χ2v) is 7.34. The molecule has 1 aliphatic heterocycles. The van der Waals surface area contributed by atoms with Crippen LogP contribution in [-0.2, 0) is 0 Å². The van der Waals surface area contributed by atoms with Crippen LogP contribution in [0.1, 0.15) is 23.8 Å². The van der Waals surface area contributed by atoms with E-state index in [1.807, 2.05) is 41.8 Å². The summed E-state index contributed by atoms with van der Waals surface area (Å²) >= 11 is 1.55. The molecule has 0 radical (unpaired) electrons. The minimum absolute atomic E-state index is 0.269. The molecular weight excluding hydrogens is 334 g/mol. The van der Waals surface area contributed by atoms with E-state index >= 15 is 0 Å². The van der Waals surface area contributed by atoms with Crippen molar-refractivity contribution in [2.45, 2.75) is 13.3 Å². The highest BCUT2D eigenvalue weighted by Gasteiger charge is 2.19. The van der Waals surface area contributed by atoms with E-state index in [0.717, 1.165) is 29.6 Å². The third-order valence-electron chi connectivity index (χ3n) is 4.42. The lowest BCUT2D eigenvalue weighted by Crippen LogP contribution is -2.19. The Morgan fingerprint density at radius 3 is 2.84 bits per heavy atom. The van der Waals surface area contributed by atoms with Crippen LogP contribution in [0.4, 0.5) is 11.4 Å². The fourth-order valence-corrected chi connectivity index (χ4v) is 3.71. The fourth-order valence-electron chi connectivity index (χ4n) is 3.04. The fraction of sp³-hybridized carbons (Fsp3) is 0.263. The summed E-state index contributed by atoms with van der Waals surface area (Å²) in [6.45, 7) is 4.46. The van der Waals surface area contributed by atoms with Crippen LogP contribution in [0.2, 0.25) is 0 Å². The molecule has 0 aliphatic carbocycles. The maximum Gasteiger partial charge on any atom is 0.277 e. The summed E-state index contributed by atoms with van der Waals surface area (Å²) in [6, 6.07) is 13.5. The van der Waals surface area contributed by atoms with Crippen molar-refractivity contribution >= 4 is 28.6 Å². The predicted octanol–water partition coefficient (Wildman–Crippen LogP) is 4.50. The predicted molar refractivity (Wildman–Crippen MR) is 100 cm³/mol. The van der Waals surface area contributed by atoms with Crippen molar-refractivity contribution in [2.75, 3.05) is 23.3 Å². The number of aromatic nitrogens is 1. The van der Waals surface area contributed by atoms with Gasteiger partial charge in [0.1, 0.15) is 0 Å². The van der Waals surface area contributed by atoms with E-state index in [0.29, 0.717) is 5.76 Å². The topological polar surface area (TPSA) is 58.4 Å². The largest absolute Gasteiger partial charge is 0.371 e. The van der Waals surface area contributed by atoms with Gasteiger partial charge in [-0.15, -0.1) is 11.3 Å². The number of amides is 1. The van der Waals surface area contributed by atoms with Gasteiger partial charge in [0.2, 0.25) is 0 Å². The lowest BCUT2D eigenvalue weighted by molar-refractivity contribution is 0.101. The Kier molecular flexibility index (Phi) is 4.28. The van der Waals surface area contributed by atoms with Crippen LogP contribution in [0.5, 0.6) is 0 Å². The summed E-state index contributed by atoms with van der Waals surface area (Å²) in [5, 5.41) is 8.69. The van der Waals surface area contributed by atoms with Crippen molar-refractivity contribution in [3.8, 4) is 10.6 Å². The maximum absolute atomic E-state index is 12.3. The molecule has 1 atom stereocenters. The van der Waals surface area contributed by atoms with Gasteiger partial charge in [-0.05, 0) is 48.1 Å². The van der Waals surface area contributed by atoms with E-state index in [4.69, 9.17) is 4.52 Å². The molecule has 6 heteroatoms. The molecule has 4 rings (SSSR count). The lowest BCUT2D eigenvalue weighted by Gasteiger charge is -2.18. The molecule has 25 heavy (non-hydrogen) atoms. The molecule has 1 aliphatic rings. The second-order valence-electron chi connectivity index (χ2n) is 6.39. The molecule has 1 saturated heterocycles. The average Bonchev–Trinajstić information content (AvgIpc) is 3.36. The molecule has 1 aromatic carbocycles. The van der Waals surface area contributed by atoms with Crippen molar-refractivity contribution in [3.63, 3.8) is 0 Å². The number of nitrogens with one attached hydrogen (secondary N) is 1. The van der Waals surface area contributed by atoms with Gasteiger partial charge in [0.15, 0.2) is 11.5 Å². The highest BCUT2D eigenvalue weighted by Crippen LogP contribution is 2.26. The maximum atomic E-state index is 12.3. The molecule has 1 fully saturated rings. The van der Waals surface area contributed by atoms with Crippen LogP contribution in [-0.4, -0.2) is 24.2 Å². The number of benzene rings is 1. The zero-order valence-electron chi connectivity index (χ0n) is 13.9. The van der Waals surface area contributed by atoms with Crippen LogP contribution in [0.25, 0.3) is 10.6 Å². The zero-order valence-corrected chi connectivity index (χ0v) is 14.8. The van der Waals surface area contributed by atoms with Gasteiger partial charge in [0.05, 0.1) is 4.88 Å². The van der Waals surface area contributed by atoms with Gasteiger partial charge in [0, 0.05) is 30.5 Å². The molecule has 128 valence electrons. The van der Waals surface area contributed by atoms with E-state index in [-0.39, 0.29) is 11.6 Å². The first-order valence-corrected chi connectivity index (χ1v) is 9.24. The number of anilines is 2. The van der Waals surface area contributed by atoms with Crippen LogP contribution in [0.15, 0.2) is 52.4 Å². The third-order valence-corrected chi connectivity index (χ3v) is 5.31. The van der Waals surface area contributed by atoms with Gasteiger partial charge >= 0.3 is 0 Å². The van der Waals surface area contributed by atoms with E-state index < -0.39 is 0 Å². The Morgan fingerprint density at radius 1 is 1.32 bits per heavy atom. The molecule has 5 nitrogen and oxygen atoms in total. The summed E-state index contributed by atoms with van der Waals surface area (Å²) in [5.74, 6) is 1.08. The van der Waals surface area contributed by atoms with Gasteiger partial charge in [0.25, 0.3) is 5.91 Å². The molecule has 1 unspecified atom stereocenters. The second kappa shape index (κ2) is 6.72. The third kappa shape index (κ3) is 3.44. The summed E-state index contributed by atoms with van der Waals surface area (Å²) in [5.41, 5.74) is 2.23. The standard InChI is InChI=1S/C19H19N3O2S/c1-13-8-9-22(12-13)15-6-4-14(5-7-15)20-19(23)16-11-17(24-21-16)18-3-2-10-25-18/h2-7,10-11,13H,8-9,12H2,1H3,(H,20,23). The Labute approximate surface area is 150 Å².